The first-order chi connectivity index (χ1) is 8.86. The van der Waals surface area contributed by atoms with Crippen LogP contribution in [0.3, 0.4) is 0 Å². The zero-order valence-corrected chi connectivity index (χ0v) is 12.5. The van der Waals surface area contributed by atoms with Crippen LogP contribution in [0.1, 0.15) is 46.5 Å². The predicted molar refractivity (Wildman–Crippen MR) is 78.8 cm³/mol. The Balaban J connectivity index is 4.03. The number of carbonyl (C=O) groups excluding carboxylic acids is 1. The molecule has 0 aromatic carbocycles. The lowest BCUT2D eigenvalue weighted by Gasteiger charge is -2.09. The van der Waals surface area contributed by atoms with Crippen molar-refractivity contribution in [3.05, 3.63) is 35.5 Å². The molecule has 0 heterocycles. The van der Waals surface area contributed by atoms with Gasteiger partial charge in [0.2, 0.25) is 0 Å². The van der Waals surface area contributed by atoms with Crippen molar-refractivity contribution in [2.24, 2.45) is 0 Å². The molecule has 0 amide bonds. The van der Waals surface area contributed by atoms with E-state index in [-0.39, 0.29) is 5.97 Å². The fourth-order valence-electron chi connectivity index (χ4n) is 1.59. The summed E-state index contributed by atoms with van der Waals surface area (Å²) in [4.78, 5) is 11.0. The number of allylic oxidation sites excluding steroid dienone is 3. The Kier molecular flexibility index (Phi) is 8.88. The van der Waals surface area contributed by atoms with Gasteiger partial charge in [-0.15, -0.1) is 0 Å². The van der Waals surface area contributed by atoms with Crippen LogP contribution in [0.5, 0.6) is 0 Å². The summed E-state index contributed by atoms with van der Waals surface area (Å²) >= 11 is 0. The number of hydrogen-bond donors (Lipinski definition) is 1. The second kappa shape index (κ2) is 9.56. The van der Waals surface area contributed by atoms with Gasteiger partial charge >= 0.3 is 5.97 Å². The van der Waals surface area contributed by atoms with Crippen molar-refractivity contribution in [3.63, 3.8) is 0 Å². The highest BCUT2D eigenvalue weighted by Crippen LogP contribution is 2.13. The summed E-state index contributed by atoms with van der Waals surface area (Å²) in [6.07, 6.45) is 6.59. The first-order valence-electron chi connectivity index (χ1n) is 6.61. The van der Waals surface area contributed by atoms with E-state index >= 15 is 0 Å². The Morgan fingerprint density at radius 2 is 1.89 bits per heavy atom. The minimum Gasteiger partial charge on any atom is -0.466 e. The third-order valence-corrected chi connectivity index (χ3v) is 2.98. The molecule has 3 heteroatoms. The van der Waals surface area contributed by atoms with Gasteiger partial charge in [0.05, 0.1) is 13.2 Å². The fraction of sp³-hybridized carbons (Fsp3) is 0.562. The molecule has 1 atom stereocenters. The summed E-state index contributed by atoms with van der Waals surface area (Å²) in [5.74, 6) is -0.303. The second-order valence-corrected chi connectivity index (χ2v) is 5.00. The van der Waals surface area contributed by atoms with Gasteiger partial charge in [-0.05, 0) is 46.5 Å². The zero-order valence-electron chi connectivity index (χ0n) is 12.5. The molecular formula is C16H26O3. The maximum Gasteiger partial charge on any atom is 0.330 e. The van der Waals surface area contributed by atoms with E-state index in [0.717, 1.165) is 30.4 Å². The quantitative estimate of drug-likeness (QED) is 0.415. The maximum atomic E-state index is 11.0. The summed E-state index contributed by atoms with van der Waals surface area (Å²) in [6, 6.07) is 0. The average molecular weight is 266 g/mol. The number of ether oxygens (including phenoxy) is 1. The van der Waals surface area contributed by atoms with Crippen molar-refractivity contribution in [2.75, 3.05) is 7.11 Å². The molecule has 0 unspecified atom stereocenters. The Labute approximate surface area is 116 Å². The highest BCUT2D eigenvalue weighted by molar-refractivity contribution is 5.82. The first kappa shape index (κ1) is 17.6. The van der Waals surface area contributed by atoms with Crippen molar-refractivity contribution < 1.29 is 14.6 Å². The number of aliphatic hydroxyl groups excluding tert-OH is 1. The van der Waals surface area contributed by atoms with Gasteiger partial charge in [0.25, 0.3) is 0 Å². The predicted octanol–water partition coefficient (Wildman–Crippen LogP) is 3.55. The van der Waals surface area contributed by atoms with E-state index in [9.17, 15) is 9.90 Å². The largest absolute Gasteiger partial charge is 0.466 e. The number of methoxy groups -OCH3 is 1. The monoisotopic (exact) mass is 266 g/mol. The molecule has 0 saturated carbocycles. The topological polar surface area (TPSA) is 46.5 Å². The lowest BCUT2D eigenvalue weighted by Crippen LogP contribution is -2.06. The van der Waals surface area contributed by atoms with Crippen LogP contribution in [0.4, 0.5) is 0 Å². The molecule has 0 aliphatic rings. The third-order valence-electron chi connectivity index (χ3n) is 2.98. The molecule has 19 heavy (non-hydrogen) atoms. The van der Waals surface area contributed by atoms with Crippen LogP contribution < -0.4 is 0 Å². The van der Waals surface area contributed by atoms with Gasteiger partial charge in [-0.1, -0.05) is 29.4 Å². The van der Waals surface area contributed by atoms with Crippen LogP contribution in [0.25, 0.3) is 0 Å². The van der Waals surface area contributed by atoms with Gasteiger partial charge in [0.1, 0.15) is 0 Å². The average Bonchev–Trinajstić information content (AvgIpc) is 2.35. The molecule has 0 aromatic rings. The molecule has 3 nitrogen and oxygen atoms in total. The Morgan fingerprint density at radius 3 is 2.42 bits per heavy atom. The maximum absolute atomic E-state index is 11.0. The molecule has 108 valence electrons. The number of rotatable bonds is 8. The van der Waals surface area contributed by atoms with Crippen molar-refractivity contribution in [1.29, 1.82) is 0 Å². The molecule has 1 N–H and O–H groups in total. The number of aliphatic hydroxyl groups is 1. The van der Waals surface area contributed by atoms with Crippen LogP contribution in [-0.4, -0.2) is 24.3 Å². The number of carbonyl (C=O) groups is 1. The molecule has 0 bridgehead atoms. The molecule has 0 spiro atoms. The van der Waals surface area contributed by atoms with E-state index in [1.54, 1.807) is 0 Å². The van der Waals surface area contributed by atoms with Crippen molar-refractivity contribution in [1.82, 2.24) is 0 Å². The molecule has 0 radical (unpaired) electrons. The van der Waals surface area contributed by atoms with E-state index < -0.39 is 6.10 Å². The van der Waals surface area contributed by atoms with E-state index in [0.29, 0.717) is 6.42 Å². The van der Waals surface area contributed by atoms with Crippen molar-refractivity contribution in [3.8, 4) is 0 Å². The van der Waals surface area contributed by atoms with E-state index in [1.807, 2.05) is 13.8 Å². The molecular weight excluding hydrogens is 240 g/mol. The normalized spacial score (nSPS) is 14.2. The highest BCUT2D eigenvalue weighted by Gasteiger charge is 2.04. The van der Waals surface area contributed by atoms with Crippen molar-refractivity contribution >= 4 is 5.97 Å². The minimum atomic E-state index is -0.413. The van der Waals surface area contributed by atoms with Gasteiger partial charge in [0, 0.05) is 6.08 Å². The lowest BCUT2D eigenvalue weighted by atomic mass is 10.0. The van der Waals surface area contributed by atoms with Crippen LogP contribution in [-0.2, 0) is 9.53 Å². The fourth-order valence-corrected chi connectivity index (χ4v) is 1.59. The van der Waals surface area contributed by atoms with Gasteiger partial charge in [0.15, 0.2) is 0 Å². The minimum absolute atomic E-state index is 0.303. The van der Waals surface area contributed by atoms with Gasteiger partial charge in [-0.2, -0.15) is 0 Å². The smallest absolute Gasteiger partial charge is 0.330 e. The van der Waals surface area contributed by atoms with Gasteiger partial charge < -0.3 is 9.84 Å². The lowest BCUT2D eigenvalue weighted by molar-refractivity contribution is -0.134. The van der Waals surface area contributed by atoms with Gasteiger partial charge in [-0.25, -0.2) is 4.79 Å². The second-order valence-electron chi connectivity index (χ2n) is 5.00. The third kappa shape index (κ3) is 9.25. The summed E-state index contributed by atoms with van der Waals surface area (Å²) < 4.78 is 4.57. The number of hydrogen-bond acceptors (Lipinski definition) is 3. The van der Waals surface area contributed by atoms with E-state index in [4.69, 9.17) is 0 Å². The standard InChI is InChI=1S/C16H26O3/c1-12(2)15(17)10-9-13(3)7-6-8-14(4)11-16(18)19-5/h7,11,15,17H,1,6,8-10H2,2-5H3/b13-7+,14-11+/t15-/m1/s1. The van der Waals surface area contributed by atoms with Crippen LogP contribution in [0.2, 0.25) is 0 Å². The molecule has 0 saturated heterocycles. The van der Waals surface area contributed by atoms with E-state index in [2.05, 4.69) is 24.3 Å². The summed E-state index contributed by atoms with van der Waals surface area (Å²) in [6.45, 7) is 9.55. The summed E-state index contributed by atoms with van der Waals surface area (Å²) in [5, 5.41) is 9.63. The Morgan fingerprint density at radius 1 is 1.26 bits per heavy atom. The summed E-state index contributed by atoms with van der Waals surface area (Å²) in [5.41, 5.74) is 3.08. The van der Waals surface area contributed by atoms with Crippen LogP contribution >= 0.6 is 0 Å². The van der Waals surface area contributed by atoms with Crippen LogP contribution in [0.15, 0.2) is 35.5 Å². The Bertz CT molecular complexity index is 364. The van der Waals surface area contributed by atoms with Gasteiger partial charge in [-0.3, -0.25) is 0 Å². The Hall–Kier alpha value is -1.35. The van der Waals surface area contributed by atoms with Crippen molar-refractivity contribution in [2.45, 2.75) is 52.6 Å². The molecule has 0 fully saturated rings. The SMILES string of the molecule is C=C(C)[C@H](O)CC/C(C)=C/CC/C(C)=C/C(=O)OC. The zero-order chi connectivity index (χ0) is 14.8. The van der Waals surface area contributed by atoms with Crippen LogP contribution in [0, 0.1) is 0 Å². The first-order valence-corrected chi connectivity index (χ1v) is 6.61. The van der Waals surface area contributed by atoms with E-state index in [1.165, 1.54) is 18.8 Å². The molecule has 0 aliphatic carbocycles. The molecule has 0 aromatic heterocycles. The summed E-state index contributed by atoms with van der Waals surface area (Å²) in [7, 11) is 1.38. The molecule has 0 aliphatic heterocycles. The highest BCUT2D eigenvalue weighted by atomic mass is 16.5. The molecule has 0 rings (SSSR count). The number of esters is 1.